The molecule has 0 atom stereocenters. The number of hydrogen-bond donors (Lipinski definition) is 0. The highest BCUT2D eigenvalue weighted by Crippen LogP contribution is 2.36. The molecule has 2 aromatic carbocycles. The van der Waals surface area contributed by atoms with Crippen LogP contribution in [0, 0.1) is 6.92 Å². The molecule has 0 aliphatic carbocycles. The zero-order valence-corrected chi connectivity index (χ0v) is 20.3. The van der Waals surface area contributed by atoms with Crippen LogP contribution >= 0.6 is 11.3 Å². The summed E-state index contributed by atoms with van der Waals surface area (Å²) in [6.07, 6.45) is 2.78. The summed E-state index contributed by atoms with van der Waals surface area (Å²) in [5.74, 6) is 0.851. The van der Waals surface area contributed by atoms with Gasteiger partial charge in [-0.15, -0.1) is 11.3 Å². The summed E-state index contributed by atoms with van der Waals surface area (Å²) >= 11 is 1.27. The Morgan fingerprint density at radius 3 is 2.64 bits per heavy atom. The molecule has 0 unspecified atom stereocenters. The summed E-state index contributed by atoms with van der Waals surface area (Å²) < 4.78 is 35.6. The molecule has 1 aliphatic heterocycles. The molecular weight excluding hydrogens is 452 g/mol. The van der Waals surface area contributed by atoms with Crippen molar-refractivity contribution in [3.05, 3.63) is 88.9 Å². The van der Waals surface area contributed by atoms with E-state index in [9.17, 15) is 8.42 Å². The van der Waals surface area contributed by atoms with Gasteiger partial charge in [-0.2, -0.15) is 4.31 Å². The van der Waals surface area contributed by atoms with Crippen molar-refractivity contribution in [3.63, 3.8) is 0 Å². The summed E-state index contributed by atoms with van der Waals surface area (Å²) in [6, 6.07) is 20.1. The minimum absolute atomic E-state index is 0.393. The van der Waals surface area contributed by atoms with Crippen LogP contribution in [-0.4, -0.2) is 37.5 Å². The number of hydrogen-bond acceptors (Lipinski definition) is 4. The van der Waals surface area contributed by atoms with E-state index < -0.39 is 10.0 Å². The summed E-state index contributed by atoms with van der Waals surface area (Å²) in [5, 5.41) is 3.01. The van der Waals surface area contributed by atoms with Crippen molar-refractivity contribution in [3.8, 4) is 5.75 Å². The Morgan fingerprint density at radius 2 is 1.91 bits per heavy atom. The lowest BCUT2D eigenvalue weighted by Crippen LogP contribution is -2.34. The van der Waals surface area contributed by atoms with E-state index in [1.54, 1.807) is 28.9 Å². The van der Waals surface area contributed by atoms with Crippen molar-refractivity contribution in [1.29, 1.82) is 0 Å². The van der Waals surface area contributed by atoms with Gasteiger partial charge < -0.3 is 9.30 Å². The number of rotatable bonds is 6. The third-order valence-electron chi connectivity index (χ3n) is 6.29. The minimum Gasteiger partial charge on any atom is -0.497 e. The molecule has 2 aromatic heterocycles. The van der Waals surface area contributed by atoms with Gasteiger partial charge in [-0.1, -0.05) is 42.5 Å². The largest absolute Gasteiger partial charge is 0.497 e. The number of benzene rings is 2. The third kappa shape index (κ3) is 4.01. The van der Waals surface area contributed by atoms with Gasteiger partial charge in [0, 0.05) is 41.8 Å². The Bertz CT molecular complexity index is 1430. The molecule has 0 spiro atoms. The lowest BCUT2D eigenvalue weighted by atomic mass is 9.97. The highest BCUT2D eigenvalue weighted by molar-refractivity contribution is 7.91. The molecule has 170 valence electrons. The molecule has 5 rings (SSSR count). The lowest BCUT2D eigenvalue weighted by Gasteiger charge is -2.25. The van der Waals surface area contributed by atoms with Crippen molar-refractivity contribution >= 4 is 37.8 Å². The fraction of sp³-hybridized carbons (Fsp3) is 0.231. The average Bonchev–Trinajstić information content (AvgIpc) is 3.48. The molecule has 0 fully saturated rings. The number of aromatic nitrogens is 1. The molecule has 4 aromatic rings. The molecule has 0 bridgehead atoms. The molecule has 7 heteroatoms. The summed E-state index contributed by atoms with van der Waals surface area (Å²) in [7, 11) is -1.74. The monoisotopic (exact) mass is 478 g/mol. The Morgan fingerprint density at radius 1 is 1.06 bits per heavy atom. The first-order valence-electron chi connectivity index (χ1n) is 10.9. The van der Waals surface area contributed by atoms with Crippen molar-refractivity contribution in [2.45, 2.75) is 24.1 Å². The zero-order valence-electron chi connectivity index (χ0n) is 18.7. The van der Waals surface area contributed by atoms with Crippen LogP contribution in [0.3, 0.4) is 0 Å². The van der Waals surface area contributed by atoms with E-state index in [1.165, 1.54) is 44.6 Å². The van der Waals surface area contributed by atoms with Gasteiger partial charge in [-0.25, -0.2) is 8.42 Å². The van der Waals surface area contributed by atoms with Crippen molar-refractivity contribution in [1.82, 2.24) is 8.87 Å². The Hall–Kier alpha value is -2.87. The number of methoxy groups -OCH3 is 1. The van der Waals surface area contributed by atoms with E-state index in [1.807, 2.05) is 12.1 Å². The predicted molar refractivity (Wildman–Crippen MR) is 134 cm³/mol. The summed E-state index contributed by atoms with van der Waals surface area (Å²) in [4.78, 5) is 0. The van der Waals surface area contributed by atoms with Crippen molar-refractivity contribution < 1.29 is 13.2 Å². The van der Waals surface area contributed by atoms with Crippen LogP contribution in [0.5, 0.6) is 5.75 Å². The maximum Gasteiger partial charge on any atom is 0.252 e. The van der Waals surface area contributed by atoms with E-state index in [2.05, 4.69) is 54.0 Å². The Labute approximate surface area is 198 Å². The lowest BCUT2D eigenvalue weighted by molar-refractivity contribution is 0.414. The van der Waals surface area contributed by atoms with Gasteiger partial charge in [-0.3, -0.25) is 0 Å². The van der Waals surface area contributed by atoms with Crippen molar-refractivity contribution in [2.75, 3.05) is 20.2 Å². The second-order valence-corrected chi connectivity index (χ2v) is 11.3. The van der Waals surface area contributed by atoms with E-state index in [4.69, 9.17) is 4.74 Å². The number of thiophene rings is 1. The summed E-state index contributed by atoms with van der Waals surface area (Å²) in [5.41, 5.74) is 5.99. The quantitative estimate of drug-likeness (QED) is 0.365. The molecule has 0 saturated heterocycles. The molecule has 0 radical (unpaired) electrons. The molecule has 0 saturated carbocycles. The van der Waals surface area contributed by atoms with Gasteiger partial charge in [0.15, 0.2) is 0 Å². The van der Waals surface area contributed by atoms with E-state index in [-0.39, 0.29) is 0 Å². The first-order valence-corrected chi connectivity index (χ1v) is 13.2. The Kier molecular flexibility index (Phi) is 5.86. The SMILES string of the molecule is COc1cccc(Cn2c(C)c(C3=CCN(S(=O)(=O)c4cccs4)CC3)c3ccccc32)c1. The standard InChI is InChI=1S/C26H26N2O3S2/c1-19-26(21-12-14-27(15-13-21)33(29,30)25-11-6-16-32-25)23-9-3-4-10-24(23)28(19)18-20-7-5-8-22(17-20)31-2/h3-12,16-17H,13-15,18H2,1-2H3. The molecule has 1 aliphatic rings. The van der Waals surface area contributed by atoms with Crippen LogP contribution in [0.25, 0.3) is 16.5 Å². The Balaban J connectivity index is 1.50. The number of fused-ring (bicyclic) bond motifs is 1. The van der Waals surface area contributed by atoms with E-state index in [0.29, 0.717) is 23.7 Å². The van der Waals surface area contributed by atoms with Gasteiger partial charge in [0.05, 0.1) is 7.11 Å². The van der Waals surface area contributed by atoms with Gasteiger partial charge in [0.25, 0.3) is 10.0 Å². The summed E-state index contributed by atoms with van der Waals surface area (Å²) in [6.45, 7) is 3.78. The average molecular weight is 479 g/mol. The van der Waals surface area contributed by atoms with Gasteiger partial charge >= 0.3 is 0 Å². The van der Waals surface area contributed by atoms with E-state index in [0.717, 1.165) is 12.3 Å². The molecule has 0 N–H and O–H groups in total. The second kappa shape index (κ2) is 8.82. The predicted octanol–water partition coefficient (Wildman–Crippen LogP) is 5.55. The molecule has 3 heterocycles. The van der Waals surface area contributed by atoms with Crippen LogP contribution in [0.15, 0.2) is 76.3 Å². The normalized spacial score (nSPS) is 15.0. The van der Waals surface area contributed by atoms with Gasteiger partial charge in [0.2, 0.25) is 0 Å². The highest BCUT2D eigenvalue weighted by Gasteiger charge is 2.28. The maximum atomic E-state index is 12.9. The van der Waals surface area contributed by atoms with E-state index >= 15 is 0 Å². The van der Waals surface area contributed by atoms with Crippen LogP contribution in [0.1, 0.15) is 23.2 Å². The van der Waals surface area contributed by atoms with Gasteiger partial charge in [0.1, 0.15) is 9.96 Å². The van der Waals surface area contributed by atoms with Crippen LogP contribution in [0.4, 0.5) is 0 Å². The van der Waals surface area contributed by atoms with Crippen LogP contribution < -0.4 is 4.74 Å². The number of ether oxygens (including phenoxy) is 1. The molecule has 33 heavy (non-hydrogen) atoms. The fourth-order valence-electron chi connectivity index (χ4n) is 4.63. The first-order chi connectivity index (χ1) is 16.0. The second-order valence-electron chi connectivity index (χ2n) is 8.19. The molecule has 0 amide bonds. The number of para-hydroxylation sites is 1. The number of nitrogens with zero attached hydrogens (tertiary/aromatic N) is 2. The highest BCUT2D eigenvalue weighted by atomic mass is 32.2. The van der Waals surface area contributed by atoms with Crippen molar-refractivity contribution in [2.24, 2.45) is 0 Å². The van der Waals surface area contributed by atoms with Crippen LogP contribution in [0.2, 0.25) is 0 Å². The zero-order chi connectivity index (χ0) is 23.0. The first kappa shape index (κ1) is 21.9. The number of sulfonamides is 1. The topological polar surface area (TPSA) is 51.5 Å². The third-order valence-corrected chi connectivity index (χ3v) is 9.53. The maximum absolute atomic E-state index is 12.9. The molecular formula is C26H26N2O3S2. The smallest absolute Gasteiger partial charge is 0.252 e. The fourth-order valence-corrected chi connectivity index (χ4v) is 7.15. The van der Waals surface area contributed by atoms with Gasteiger partial charge in [-0.05, 0) is 54.1 Å². The molecule has 5 nitrogen and oxygen atoms in total. The van der Waals surface area contributed by atoms with Crippen LogP contribution in [-0.2, 0) is 16.6 Å². The minimum atomic E-state index is -3.43.